The molecule has 1 aliphatic rings. The second-order valence-electron chi connectivity index (χ2n) is 8.30. The van der Waals surface area contributed by atoms with Gasteiger partial charge in [-0.05, 0) is 48.2 Å². The summed E-state index contributed by atoms with van der Waals surface area (Å²) in [5.41, 5.74) is 3.42. The number of amides is 3. The van der Waals surface area contributed by atoms with Gasteiger partial charge in [0.15, 0.2) is 0 Å². The molecule has 0 radical (unpaired) electrons. The third kappa shape index (κ3) is 4.01. The van der Waals surface area contributed by atoms with Gasteiger partial charge in [-0.3, -0.25) is 19.3 Å². The van der Waals surface area contributed by atoms with E-state index in [1.807, 2.05) is 73.7 Å². The second-order valence-corrected chi connectivity index (χ2v) is 8.30. The number of benzene rings is 4. The van der Waals surface area contributed by atoms with Gasteiger partial charge < -0.3 is 10.6 Å². The Kier molecular flexibility index (Phi) is 5.55. The highest BCUT2D eigenvalue weighted by molar-refractivity contribution is 6.21. The number of anilines is 4. The highest BCUT2D eigenvalue weighted by Crippen LogP contribution is 2.40. The van der Waals surface area contributed by atoms with Crippen molar-refractivity contribution < 1.29 is 14.4 Å². The first-order chi connectivity index (χ1) is 16.5. The topological polar surface area (TPSA) is 78.5 Å². The van der Waals surface area contributed by atoms with Crippen molar-refractivity contribution in [2.24, 2.45) is 0 Å². The lowest BCUT2D eigenvalue weighted by Gasteiger charge is -2.23. The van der Waals surface area contributed by atoms with Crippen molar-refractivity contribution >= 4 is 51.2 Å². The summed E-state index contributed by atoms with van der Waals surface area (Å²) in [6, 6.07) is 28.2. The van der Waals surface area contributed by atoms with E-state index in [1.54, 1.807) is 29.2 Å². The largest absolute Gasteiger partial charge is 0.326 e. The first-order valence-electron chi connectivity index (χ1n) is 11.1. The Hall–Kier alpha value is -4.45. The molecule has 4 aromatic carbocycles. The monoisotopic (exact) mass is 449 g/mol. The zero-order chi connectivity index (χ0) is 23.7. The Morgan fingerprint density at radius 1 is 0.882 bits per heavy atom. The number of nitrogens with zero attached hydrogens (tertiary/aromatic N) is 1. The summed E-state index contributed by atoms with van der Waals surface area (Å²) < 4.78 is 0. The maximum absolute atomic E-state index is 13.0. The minimum absolute atomic E-state index is 0.114. The van der Waals surface area contributed by atoms with E-state index in [1.165, 1.54) is 0 Å². The molecule has 0 saturated carbocycles. The molecule has 168 valence electrons. The molecule has 0 fully saturated rings. The fourth-order valence-electron chi connectivity index (χ4n) is 4.23. The van der Waals surface area contributed by atoms with Gasteiger partial charge in [0.2, 0.25) is 17.7 Å². The molecular weight excluding hydrogens is 426 g/mol. The van der Waals surface area contributed by atoms with Crippen LogP contribution >= 0.6 is 0 Å². The first-order valence-corrected chi connectivity index (χ1v) is 11.1. The fourth-order valence-corrected chi connectivity index (χ4v) is 4.23. The zero-order valence-corrected chi connectivity index (χ0v) is 18.6. The van der Waals surface area contributed by atoms with Crippen molar-refractivity contribution in [3.63, 3.8) is 0 Å². The molecule has 34 heavy (non-hydrogen) atoms. The van der Waals surface area contributed by atoms with Crippen LogP contribution in [0.5, 0.6) is 0 Å². The smallest absolute Gasteiger partial charge is 0.241 e. The molecule has 6 nitrogen and oxygen atoms in total. The van der Waals surface area contributed by atoms with Crippen molar-refractivity contribution in [1.82, 2.24) is 0 Å². The normalized spacial score (nSPS) is 14.2. The molecule has 6 heteroatoms. The predicted molar refractivity (Wildman–Crippen MR) is 134 cm³/mol. The van der Waals surface area contributed by atoms with Gasteiger partial charge in [0, 0.05) is 16.8 Å². The Balaban J connectivity index is 1.45. The number of nitrogens with one attached hydrogen (secondary N) is 2. The van der Waals surface area contributed by atoms with Crippen LogP contribution in [0, 0.1) is 0 Å². The van der Waals surface area contributed by atoms with E-state index in [0.29, 0.717) is 22.7 Å². The molecular formula is C28H23N3O3. The number of hydrogen-bond acceptors (Lipinski definition) is 3. The average molecular weight is 450 g/mol. The van der Waals surface area contributed by atoms with E-state index in [0.717, 1.165) is 16.3 Å². The number of carbonyl (C=O) groups excluding carboxylic acids is 3. The third-order valence-corrected chi connectivity index (χ3v) is 6.06. The van der Waals surface area contributed by atoms with Crippen LogP contribution in [0.15, 0.2) is 91.0 Å². The molecule has 0 saturated heterocycles. The lowest BCUT2D eigenvalue weighted by atomic mass is 10.0. The minimum Gasteiger partial charge on any atom is -0.326 e. The second kappa shape index (κ2) is 8.83. The molecule has 2 N–H and O–H groups in total. The van der Waals surface area contributed by atoms with Crippen molar-refractivity contribution in [2.75, 3.05) is 15.5 Å². The van der Waals surface area contributed by atoms with Gasteiger partial charge in [-0.25, -0.2) is 0 Å². The van der Waals surface area contributed by atoms with Gasteiger partial charge in [-0.15, -0.1) is 0 Å². The van der Waals surface area contributed by atoms with E-state index in [9.17, 15) is 14.4 Å². The fraction of sp³-hybridized carbons (Fsp3) is 0.107. The summed E-state index contributed by atoms with van der Waals surface area (Å²) in [5, 5.41) is 7.68. The zero-order valence-electron chi connectivity index (χ0n) is 18.6. The summed E-state index contributed by atoms with van der Waals surface area (Å²) >= 11 is 0. The van der Waals surface area contributed by atoms with Crippen LogP contribution in [0.1, 0.15) is 24.8 Å². The highest BCUT2D eigenvalue weighted by atomic mass is 16.2. The van der Waals surface area contributed by atoms with Gasteiger partial charge in [-0.1, -0.05) is 60.7 Å². The summed E-state index contributed by atoms with van der Waals surface area (Å²) in [4.78, 5) is 39.7. The van der Waals surface area contributed by atoms with Gasteiger partial charge >= 0.3 is 0 Å². The number of carbonyl (C=O) groups is 3. The molecule has 1 unspecified atom stereocenters. The Bertz CT molecular complexity index is 1400. The number of rotatable bonds is 4. The molecule has 0 aliphatic carbocycles. The Morgan fingerprint density at radius 3 is 2.35 bits per heavy atom. The lowest BCUT2D eigenvalue weighted by molar-refractivity contribution is -0.124. The number of fused-ring (bicyclic) bond motifs is 3. The predicted octanol–water partition coefficient (Wildman–Crippen LogP) is 5.59. The van der Waals surface area contributed by atoms with E-state index < -0.39 is 0 Å². The molecule has 0 aromatic heterocycles. The minimum atomic E-state index is -0.344. The van der Waals surface area contributed by atoms with Gasteiger partial charge in [0.1, 0.15) is 6.42 Å². The van der Waals surface area contributed by atoms with Crippen molar-refractivity contribution in [3.8, 4) is 0 Å². The van der Waals surface area contributed by atoms with Crippen LogP contribution < -0.4 is 15.5 Å². The van der Waals surface area contributed by atoms with Crippen LogP contribution in [0.25, 0.3) is 10.8 Å². The van der Waals surface area contributed by atoms with Crippen LogP contribution in [0.3, 0.4) is 0 Å². The first kappa shape index (κ1) is 21.4. The SMILES string of the molecule is CC(C(=O)Nc1ccc(N2C(=O)CC(=O)Nc3c2ccc2ccccc32)cc1)c1ccccc1. The average Bonchev–Trinajstić information content (AvgIpc) is 2.99. The molecule has 4 aromatic rings. The molecule has 1 atom stereocenters. The Morgan fingerprint density at radius 2 is 1.59 bits per heavy atom. The van der Waals surface area contributed by atoms with Gasteiger partial charge in [0.05, 0.1) is 17.3 Å². The third-order valence-electron chi connectivity index (χ3n) is 6.06. The summed E-state index contributed by atoms with van der Waals surface area (Å²) in [6.07, 6.45) is -0.254. The standard InChI is InChI=1S/C28H23N3O3/c1-18(19-7-3-2-4-8-19)28(34)29-21-12-14-22(15-13-21)31-24-16-11-20-9-5-6-10-23(20)27(24)30-25(32)17-26(31)33/h2-16,18H,17H2,1H3,(H,29,34)(H,30,32). The molecule has 5 rings (SSSR count). The highest BCUT2D eigenvalue weighted by Gasteiger charge is 2.28. The molecule has 1 aliphatic heterocycles. The van der Waals surface area contributed by atoms with E-state index in [2.05, 4.69) is 10.6 Å². The Labute approximate surface area is 197 Å². The van der Waals surface area contributed by atoms with E-state index in [4.69, 9.17) is 0 Å². The molecule has 0 bridgehead atoms. The summed E-state index contributed by atoms with van der Waals surface area (Å²) in [6.45, 7) is 1.86. The van der Waals surface area contributed by atoms with Crippen LogP contribution in [0.2, 0.25) is 0 Å². The number of hydrogen-bond donors (Lipinski definition) is 2. The molecule has 3 amide bonds. The maximum Gasteiger partial charge on any atom is 0.241 e. The summed E-state index contributed by atoms with van der Waals surface area (Å²) in [5.74, 6) is -1.08. The summed E-state index contributed by atoms with van der Waals surface area (Å²) in [7, 11) is 0. The lowest BCUT2D eigenvalue weighted by Crippen LogP contribution is -2.26. The van der Waals surface area contributed by atoms with E-state index in [-0.39, 0.29) is 30.1 Å². The van der Waals surface area contributed by atoms with Crippen LogP contribution in [-0.2, 0) is 14.4 Å². The van der Waals surface area contributed by atoms with E-state index >= 15 is 0 Å². The molecule has 1 heterocycles. The molecule has 0 spiro atoms. The van der Waals surface area contributed by atoms with Crippen molar-refractivity contribution in [2.45, 2.75) is 19.3 Å². The van der Waals surface area contributed by atoms with Gasteiger partial charge in [0.25, 0.3) is 0 Å². The van der Waals surface area contributed by atoms with Crippen LogP contribution in [-0.4, -0.2) is 17.7 Å². The quantitative estimate of drug-likeness (QED) is 0.399. The maximum atomic E-state index is 13.0. The van der Waals surface area contributed by atoms with Crippen molar-refractivity contribution in [1.29, 1.82) is 0 Å². The van der Waals surface area contributed by atoms with Gasteiger partial charge in [-0.2, -0.15) is 0 Å². The van der Waals surface area contributed by atoms with Crippen molar-refractivity contribution in [3.05, 3.63) is 96.6 Å². The van der Waals surface area contributed by atoms with Crippen LogP contribution in [0.4, 0.5) is 22.7 Å².